The first-order chi connectivity index (χ1) is 7.06. The molecule has 0 bridgehead atoms. The lowest BCUT2D eigenvalue weighted by molar-refractivity contribution is -0.116. The second kappa shape index (κ2) is 4.67. The maximum Gasteiger partial charge on any atom is 0.232 e. The van der Waals surface area contributed by atoms with E-state index in [1.807, 2.05) is 38.1 Å². The zero-order valence-corrected chi connectivity index (χ0v) is 9.97. The standard InChI is InChI=1S/C12H15ClO2/c1-4-12(2,11(13)14)9-7-5-6-8-10(9)15-3/h5-8H,4H2,1-3H3. The Kier molecular flexibility index (Phi) is 3.75. The summed E-state index contributed by atoms with van der Waals surface area (Å²) in [5, 5.41) is -0.352. The van der Waals surface area contributed by atoms with Crippen LogP contribution in [0.25, 0.3) is 0 Å². The lowest BCUT2D eigenvalue weighted by Gasteiger charge is -2.25. The van der Waals surface area contributed by atoms with Crippen LogP contribution in [0.5, 0.6) is 5.75 Å². The number of methoxy groups -OCH3 is 1. The van der Waals surface area contributed by atoms with Gasteiger partial charge in [-0.2, -0.15) is 0 Å². The first-order valence-electron chi connectivity index (χ1n) is 4.89. The van der Waals surface area contributed by atoms with Crippen LogP contribution in [-0.2, 0) is 10.2 Å². The summed E-state index contributed by atoms with van der Waals surface area (Å²) in [4.78, 5) is 11.5. The molecule has 1 unspecified atom stereocenters. The number of para-hydroxylation sites is 1. The molecule has 0 amide bonds. The zero-order chi connectivity index (χ0) is 11.5. The van der Waals surface area contributed by atoms with Crippen molar-refractivity contribution in [2.24, 2.45) is 0 Å². The van der Waals surface area contributed by atoms with Gasteiger partial charge >= 0.3 is 0 Å². The van der Waals surface area contributed by atoms with E-state index in [1.165, 1.54) is 0 Å². The second-order valence-electron chi connectivity index (χ2n) is 3.66. The van der Waals surface area contributed by atoms with E-state index in [9.17, 15) is 4.79 Å². The van der Waals surface area contributed by atoms with E-state index in [2.05, 4.69) is 0 Å². The Labute approximate surface area is 95.2 Å². The Bertz CT molecular complexity index is 362. The molecule has 1 atom stereocenters. The average molecular weight is 227 g/mol. The van der Waals surface area contributed by atoms with Gasteiger partial charge in [0.05, 0.1) is 12.5 Å². The molecule has 0 radical (unpaired) electrons. The summed E-state index contributed by atoms with van der Waals surface area (Å²) >= 11 is 5.65. The molecule has 1 aromatic rings. The fraction of sp³-hybridized carbons (Fsp3) is 0.417. The molecule has 1 rings (SSSR count). The third-order valence-corrected chi connectivity index (χ3v) is 3.26. The number of benzene rings is 1. The van der Waals surface area contributed by atoms with Crippen LogP contribution in [0.3, 0.4) is 0 Å². The van der Waals surface area contributed by atoms with Crippen molar-refractivity contribution in [1.29, 1.82) is 0 Å². The predicted octanol–water partition coefficient (Wildman–Crippen LogP) is 3.13. The van der Waals surface area contributed by atoms with Gasteiger partial charge in [0, 0.05) is 5.56 Å². The monoisotopic (exact) mass is 226 g/mol. The van der Waals surface area contributed by atoms with Crippen LogP contribution >= 0.6 is 11.6 Å². The SMILES string of the molecule is CCC(C)(C(=O)Cl)c1ccccc1OC. The van der Waals surface area contributed by atoms with Crippen LogP contribution in [0.15, 0.2) is 24.3 Å². The van der Waals surface area contributed by atoms with Crippen molar-refractivity contribution in [2.75, 3.05) is 7.11 Å². The highest BCUT2D eigenvalue weighted by atomic mass is 35.5. The summed E-state index contributed by atoms with van der Waals surface area (Å²) in [6.07, 6.45) is 0.649. The molecule has 0 aromatic heterocycles. The topological polar surface area (TPSA) is 26.3 Å². The Hall–Kier alpha value is -1.02. The highest BCUT2D eigenvalue weighted by molar-refractivity contribution is 6.65. The van der Waals surface area contributed by atoms with E-state index in [0.29, 0.717) is 12.2 Å². The summed E-state index contributed by atoms with van der Waals surface area (Å²) in [5.74, 6) is 0.704. The molecule has 0 N–H and O–H groups in total. The van der Waals surface area contributed by atoms with Crippen LogP contribution in [0.4, 0.5) is 0 Å². The Morgan fingerprint density at radius 3 is 2.53 bits per heavy atom. The van der Waals surface area contributed by atoms with Gasteiger partial charge in [0.15, 0.2) is 0 Å². The normalized spacial score (nSPS) is 14.4. The highest BCUT2D eigenvalue weighted by Gasteiger charge is 2.34. The average Bonchev–Trinajstić information content (AvgIpc) is 2.27. The molecule has 0 aliphatic heterocycles. The van der Waals surface area contributed by atoms with Gasteiger partial charge in [0.2, 0.25) is 5.24 Å². The maximum absolute atomic E-state index is 11.5. The fourth-order valence-electron chi connectivity index (χ4n) is 1.54. The third-order valence-electron chi connectivity index (χ3n) is 2.84. The van der Waals surface area contributed by atoms with E-state index in [1.54, 1.807) is 7.11 Å². The Morgan fingerprint density at radius 1 is 1.47 bits per heavy atom. The molecule has 82 valence electrons. The molecule has 0 aliphatic carbocycles. The number of carbonyl (C=O) groups excluding carboxylic acids is 1. The number of rotatable bonds is 4. The van der Waals surface area contributed by atoms with Gasteiger partial charge in [-0.25, -0.2) is 0 Å². The first kappa shape index (κ1) is 12.1. The van der Waals surface area contributed by atoms with E-state index < -0.39 is 5.41 Å². The van der Waals surface area contributed by atoms with Crippen LogP contribution in [0.2, 0.25) is 0 Å². The number of hydrogen-bond donors (Lipinski definition) is 0. The largest absolute Gasteiger partial charge is 0.496 e. The quantitative estimate of drug-likeness (QED) is 0.738. The third kappa shape index (κ3) is 2.15. The smallest absolute Gasteiger partial charge is 0.232 e. The van der Waals surface area contributed by atoms with E-state index in [-0.39, 0.29) is 5.24 Å². The van der Waals surface area contributed by atoms with E-state index in [4.69, 9.17) is 16.3 Å². The lowest BCUT2D eigenvalue weighted by atomic mass is 9.81. The van der Waals surface area contributed by atoms with Crippen molar-refractivity contribution in [2.45, 2.75) is 25.7 Å². The van der Waals surface area contributed by atoms with Gasteiger partial charge in [-0.15, -0.1) is 0 Å². The molecule has 0 aliphatic rings. The maximum atomic E-state index is 11.5. The van der Waals surface area contributed by atoms with E-state index >= 15 is 0 Å². The summed E-state index contributed by atoms with van der Waals surface area (Å²) in [6, 6.07) is 7.47. The van der Waals surface area contributed by atoms with Crippen molar-refractivity contribution < 1.29 is 9.53 Å². The van der Waals surface area contributed by atoms with Gasteiger partial charge in [-0.3, -0.25) is 4.79 Å². The van der Waals surface area contributed by atoms with E-state index in [0.717, 1.165) is 5.56 Å². The molecule has 3 heteroatoms. The van der Waals surface area contributed by atoms with Crippen molar-refractivity contribution in [3.05, 3.63) is 29.8 Å². The van der Waals surface area contributed by atoms with Gasteiger partial charge in [0.25, 0.3) is 0 Å². The number of carbonyl (C=O) groups is 1. The molecule has 15 heavy (non-hydrogen) atoms. The van der Waals surface area contributed by atoms with Crippen LogP contribution in [0, 0.1) is 0 Å². The van der Waals surface area contributed by atoms with Crippen molar-refractivity contribution in [3.63, 3.8) is 0 Å². The first-order valence-corrected chi connectivity index (χ1v) is 5.27. The molecular formula is C12H15ClO2. The summed E-state index contributed by atoms with van der Waals surface area (Å²) < 4.78 is 5.23. The highest BCUT2D eigenvalue weighted by Crippen LogP contribution is 2.36. The summed E-state index contributed by atoms with van der Waals surface area (Å²) in [6.45, 7) is 3.77. The minimum Gasteiger partial charge on any atom is -0.496 e. The van der Waals surface area contributed by atoms with Crippen molar-refractivity contribution in [1.82, 2.24) is 0 Å². The molecule has 0 spiro atoms. The molecule has 2 nitrogen and oxygen atoms in total. The molecule has 1 aromatic carbocycles. The van der Waals surface area contributed by atoms with Gasteiger partial charge < -0.3 is 4.74 Å². The molecule has 0 fully saturated rings. The lowest BCUT2D eigenvalue weighted by Crippen LogP contribution is -2.28. The summed E-state index contributed by atoms with van der Waals surface area (Å²) in [5.41, 5.74) is 0.170. The fourth-order valence-corrected chi connectivity index (χ4v) is 1.77. The van der Waals surface area contributed by atoms with Gasteiger partial charge in [-0.05, 0) is 31.0 Å². The molecule has 0 heterocycles. The molecule has 0 saturated carbocycles. The predicted molar refractivity (Wildman–Crippen MR) is 61.5 cm³/mol. The van der Waals surface area contributed by atoms with Crippen LogP contribution in [-0.4, -0.2) is 12.4 Å². The van der Waals surface area contributed by atoms with Gasteiger partial charge in [0.1, 0.15) is 5.75 Å². The summed E-state index contributed by atoms with van der Waals surface area (Å²) in [7, 11) is 1.59. The van der Waals surface area contributed by atoms with Gasteiger partial charge in [-0.1, -0.05) is 25.1 Å². The van der Waals surface area contributed by atoms with Crippen molar-refractivity contribution >= 4 is 16.8 Å². The van der Waals surface area contributed by atoms with Crippen LogP contribution < -0.4 is 4.74 Å². The minimum absolute atomic E-state index is 0.352. The Morgan fingerprint density at radius 2 is 2.07 bits per heavy atom. The molecular weight excluding hydrogens is 212 g/mol. The number of ether oxygens (including phenoxy) is 1. The number of hydrogen-bond acceptors (Lipinski definition) is 2. The zero-order valence-electron chi connectivity index (χ0n) is 9.21. The van der Waals surface area contributed by atoms with Crippen LogP contribution in [0.1, 0.15) is 25.8 Å². The number of halogens is 1. The minimum atomic E-state index is -0.672. The second-order valence-corrected chi connectivity index (χ2v) is 4.00. The molecule has 0 saturated heterocycles. The van der Waals surface area contributed by atoms with Crippen molar-refractivity contribution in [3.8, 4) is 5.75 Å². The Balaban J connectivity index is 3.29.